The van der Waals surface area contributed by atoms with Crippen molar-refractivity contribution in [1.29, 1.82) is 0 Å². The molecule has 0 amide bonds. The minimum absolute atomic E-state index is 0.211. The van der Waals surface area contributed by atoms with Crippen LogP contribution in [-0.2, 0) is 6.42 Å². The maximum Gasteiger partial charge on any atom is 0.116 e. The van der Waals surface area contributed by atoms with Crippen molar-refractivity contribution in [2.24, 2.45) is 0 Å². The van der Waals surface area contributed by atoms with Crippen LogP contribution in [-0.4, -0.2) is 10.2 Å². The van der Waals surface area contributed by atoms with E-state index in [1.54, 1.807) is 30.3 Å². The van der Waals surface area contributed by atoms with E-state index in [0.29, 0.717) is 12.1 Å². The molecular formula is C13H13NO2. The van der Waals surface area contributed by atoms with Gasteiger partial charge >= 0.3 is 0 Å². The van der Waals surface area contributed by atoms with Gasteiger partial charge in [-0.25, -0.2) is 0 Å². The van der Waals surface area contributed by atoms with E-state index in [2.05, 4.69) is 0 Å². The highest BCUT2D eigenvalue weighted by Gasteiger charge is 2.02. The lowest BCUT2D eigenvalue weighted by atomic mass is 10.0. The van der Waals surface area contributed by atoms with Gasteiger partial charge in [-0.05, 0) is 47.9 Å². The number of rotatable bonds is 2. The van der Waals surface area contributed by atoms with Crippen LogP contribution in [0.3, 0.4) is 0 Å². The summed E-state index contributed by atoms with van der Waals surface area (Å²) in [5.41, 5.74) is 8.38. The molecule has 0 atom stereocenters. The van der Waals surface area contributed by atoms with Crippen molar-refractivity contribution in [2.45, 2.75) is 6.42 Å². The molecular weight excluding hydrogens is 202 g/mol. The fraction of sp³-hybridized carbons (Fsp3) is 0.0769. The minimum atomic E-state index is 0.211. The zero-order valence-corrected chi connectivity index (χ0v) is 8.72. The van der Waals surface area contributed by atoms with Gasteiger partial charge in [-0.1, -0.05) is 12.1 Å². The normalized spacial score (nSPS) is 10.2. The van der Waals surface area contributed by atoms with Crippen LogP contribution in [0, 0.1) is 0 Å². The molecule has 0 spiro atoms. The second-order valence-corrected chi connectivity index (χ2v) is 3.73. The molecule has 3 nitrogen and oxygen atoms in total. The Kier molecular flexibility index (Phi) is 2.68. The summed E-state index contributed by atoms with van der Waals surface area (Å²) >= 11 is 0. The molecule has 0 aliphatic carbocycles. The lowest BCUT2D eigenvalue weighted by Crippen LogP contribution is -1.95. The van der Waals surface area contributed by atoms with Crippen LogP contribution in [0.2, 0.25) is 0 Å². The summed E-state index contributed by atoms with van der Waals surface area (Å²) in [5, 5.41) is 18.5. The number of hydrogen-bond donors (Lipinski definition) is 3. The van der Waals surface area contributed by atoms with Crippen molar-refractivity contribution in [1.82, 2.24) is 0 Å². The van der Waals surface area contributed by atoms with Gasteiger partial charge in [-0.3, -0.25) is 0 Å². The molecule has 0 bridgehead atoms. The Hall–Kier alpha value is -2.16. The highest BCUT2D eigenvalue weighted by molar-refractivity contribution is 5.52. The molecule has 3 heteroatoms. The summed E-state index contributed by atoms with van der Waals surface area (Å²) in [6.07, 6.45) is 0.639. The third kappa shape index (κ3) is 2.25. The smallest absolute Gasteiger partial charge is 0.116 e. The third-order valence-electron chi connectivity index (χ3n) is 2.46. The van der Waals surface area contributed by atoms with Gasteiger partial charge in [0.05, 0.1) is 0 Å². The third-order valence-corrected chi connectivity index (χ3v) is 2.46. The van der Waals surface area contributed by atoms with Gasteiger partial charge in [-0.2, -0.15) is 0 Å². The molecule has 0 unspecified atom stereocenters. The van der Waals surface area contributed by atoms with E-state index in [0.717, 1.165) is 11.1 Å². The van der Waals surface area contributed by atoms with Crippen molar-refractivity contribution in [3.8, 4) is 11.5 Å². The Labute approximate surface area is 93.8 Å². The van der Waals surface area contributed by atoms with E-state index in [1.807, 2.05) is 12.1 Å². The molecule has 4 N–H and O–H groups in total. The number of phenolic OH excluding ortho intramolecular Hbond substituents is 2. The Morgan fingerprint density at radius 1 is 0.875 bits per heavy atom. The number of hydrogen-bond acceptors (Lipinski definition) is 3. The number of nitrogens with two attached hydrogens (primary N) is 1. The van der Waals surface area contributed by atoms with Gasteiger partial charge in [-0.15, -0.1) is 0 Å². The van der Waals surface area contributed by atoms with E-state index < -0.39 is 0 Å². The van der Waals surface area contributed by atoms with E-state index in [4.69, 9.17) is 10.8 Å². The van der Waals surface area contributed by atoms with Crippen LogP contribution in [0.1, 0.15) is 11.1 Å². The highest BCUT2D eigenvalue weighted by atomic mass is 16.3. The molecule has 2 rings (SSSR count). The zero-order valence-electron chi connectivity index (χ0n) is 8.72. The Balaban J connectivity index is 2.26. The Bertz CT molecular complexity index is 492. The number of nitrogen functional groups attached to an aromatic ring is 1. The van der Waals surface area contributed by atoms with Crippen molar-refractivity contribution >= 4 is 5.69 Å². The summed E-state index contributed by atoms with van der Waals surface area (Å²) in [6, 6.07) is 11.8. The Morgan fingerprint density at radius 3 is 2.19 bits per heavy atom. The Morgan fingerprint density at radius 2 is 1.50 bits per heavy atom. The predicted octanol–water partition coefficient (Wildman–Crippen LogP) is 2.27. The van der Waals surface area contributed by atoms with Gasteiger partial charge in [0.15, 0.2) is 0 Å². The van der Waals surface area contributed by atoms with E-state index in [1.165, 1.54) is 0 Å². The summed E-state index contributed by atoms with van der Waals surface area (Å²) in [5.74, 6) is 0.454. The molecule has 0 fully saturated rings. The second-order valence-electron chi connectivity index (χ2n) is 3.73. The largest absolute Gasteiger partial charge is 0.508 e. The number of phenols is 2. The van der Waals surface area contributed by atoms with Crippen molar-refractivity contribution in [3.05, 3.63) is 53.6 Å². The minimum Gasteiger partial charge on any atom is -0.508 e. The molecule has 0 heterocycles. The first kappa shape index (κ1) is 10.4. The summed E-state index contributed by atoms with van der Waals surface area (Å²) in [4.78, 5) is 0. The fourth-order valence-electron chi connectivity index (χ4n) is 1.58. The van der Waals surface area contributed by atoms with Crippen LogP contribution in [0.4, 0.5) is 5.69 Å². The molecule has 2 aromatic carbocycles. The van der Waals surface area contributed by atoms with Gasteiger partial charge in [0, 0.05) is 5.69 Å². The van der Waals surface area contributed by atoms with Crippen LogP contribution in [0.5, 0.6) is 11.5 Å². The van der Waals surface area contributed by atoms with Crippen LogP contribution >= 0.6 is 0 Å². The molecule has 82 valence electrons. The first-order chi connectivity index (χ1) is 7.65. The summed E-state index contributed by atoms with van der Waals surface area (Å²) in [7, 11) is 0. The molecule has 16 heavy (non-hydrogen) atoms. The lowest BCUT2D eigenvalue weighted by molar-refractivity contribution is 0.474. The SMILES string of the molecule is Nc1ccc(O)cc1Cc1ccc(O)cc1. The summed E-state index contributed by atoms with van der Waals surface area (Å²) in [6.45, 7) is 0. The number of aromatic hydroxyl groups is 2. The number of anilines is 1. The van der Waals surface area contributed by atoms with Gasteiger partial charge in [0.2, 0.25) is 0 Å². The first-order valence-corrected chi connectivity index (χ1v) is 5.00. The van der Waals surface area contributed by atoms with Crippen LogP contribution < -0.4 is 5.73 Å². The molecule has 2 aromatic rings. The fourth-order valence-corrected chi connectivity index (χ4v) is 1.58. The standard InChI is InChI=1S/C13H13NO2/c14-13-6-5-12(16)8-10(13)7-9-1-3-11(15)4-2-9/h1-6,8,15-16H,7,14H2. The van der Waals surface area contributed by atoms with Crippen LogP contribution in [0.25, 0.3) is 0 Å². The second kappa shape index (κ2) is 4.14. The van der Waals surface area contributed by atoms with E-state index in [9.17, 15) is 5.11 Å². The molecule has 0 saturated carbocycles. The molecule has 0 saturated heterocycles. The molecule has 0 aliphatic heterocycles. The quantitative estimate of drug-likeness (QED) is 0.531. The molecule has 0 aliphatic rings. The van der Waals surface area contributed by atoms with Crippen molar-refractivity contribution in [3.63, 3.8) is 0 Å². The van der Waals surface area contributed by atoms with E-state index in [-0.39, 0.29) is 11.5 Å². The monoisotopic (exact) mass is 215 g/mol. The van der Waals surface area contributed by atoms with E-state index >= 15 is 0 Å². The molecule has 0 radical (unpaired) electrons. The molecule has 0 aromatic heterocycles. The van der Waals surface area contributed by atoms with Crippen molar-refractivity contribution < 1.29 is 10.2 Å². The van der Waals surface area contributed by atoms with Crippen LogP contribution in [0.15, 0.2) is 42.5 Å². The number of benzene rings is 2. The maximum atomic E-state index is 9.36. The van der Waals surface area contributed by atoms with Crippen molar-refractivity contribution in [2.75, 3.05) is 5.73 Å². The topological polar surface area (TPSA) is 66.5 Å². The zero-order chi connectivity index (χ0) is 11.5. The average Bonchev–Trinajstić information content (AvgIpc) is 2.27. The van der Waals surface area contributed by atoms with Gasteiger partial charge < -0.3 is 15.9 Å². The summed E-state index contributed by atoms with van der Waals surface area (Å²) < 4.78 is 0. The first-order valence-electron chi connectivity index (χ1n) is 5.00. The van der Waals surface area contributed by atoms with Gasteiger partial charge in [0.1, 0.15) is 11.5 Å². The van der Waals surface area contributed by atoms with Gasteiger partial charge in [0.25, 0.3) is 0 Å². The predicted molar refractivity (Wildman–Crippen MR) is 63.4 cm³/mol. The lowest BCUT2D eigenvalue weighted by Gasteiger charge is -2.06. The average molecular weight is 215 g/mol. The highest BCUT2D eigenvalue weighted by Crippen LogP contribution is 2.22. The maximum absolute atomic E-state index is 9.36.